The lowest BCUT2D eigenvalue weighted by Crippen LogP contribution is -2.52. The lowest BCUT2D eigenvalue weighted by atomic mass is 10.1. The van der Waals surface area contributed by atoms with Crippen molar-refractivity contribution in [1.29, 1.82) is 0 Å². The molecule has 0 saturated heterocycles. The van der Waals surface area contributed by atoms with E-state index in [0.717, 1.165) is 5.69 Å². The number of amides is 1. The molecule has 1 rings (SSSR count). The number of nitrogens with one attached hydrogen (secondary N) is 3. The minimum absolute atomic E-state index is 0.153. The fraction of sp³-hybridized carbons (Fsp3) is 0.429. The third-order valence-corrected chi connectivity index (χ3v) is 2.61. The lowest BCUT2D eigenvalue weighted by Gasteiger charge is -2.23. The van der Waals surface area contributed by atoms with Crippen LogP contribution >= 0.6 is 12.2 Å². The number of carbonyl (C=O) groups excluding carboxylic acids is 1. The summed E-state index contributed by atoms with van der Waals surface area (Å²) in [5.74, 6) is -0.230. The van der Waals surface area contributed by atoms with Gasteiger partial charge in [-0.3, -0.25) is 15.6 Å². The maximum absolute atomic E-state index is 12.0. The van der Waals surface area contributed by atoms with Crippen molar-refractivity contribution in [3.05, 3.63) is 29.8 Å². The highest BCUT2D eigenvalue weighted by atomic mass is 32.1. The van der Waals surface area contributed by atoms with Crippen LogP contribution in [0, 0.1) is 0 Å². The highest BCUT2D eigenvalue weighted by Gasteiger charge is 2.12. The van der Waals surface area contributed by atoms with Crippen LogP contribution in [0.1, 0.15) is 31.1 Å². The van der Waals surface area contributed by atoms with E-state index >= 15 is 0 Å². The standard InChI is InChI=1S/C14H22N4OS/c1-14(2,3)15-13(20)17-16-12(19)10-7-6-8-11(9-10)18(4)5/h6-9H,1-5H3,(H,16,19)(H2,15,17,20). The Hall–Kier alpha value is -1.82. The molecule has 6 heteroatoms. The van der Waals surface area contributed by atoms with Crippen LogP contribution < -0.4 is 21.1 Å². The Morgan fingerprint density at radius 3 is 2.40 bits per heavy atom. The van der Waals surface area contributed by atoms with Gasteiger partial charge in [-0.1, -0.05) is 6.07 Å². The molecule has 0 unspecified atom stereocenters. The highest BCUT2D eigenvalue weighted by Crippen LogP contribution is 2.12. The molecule has 0 aliphatic heterocycles. The van der Waals surface area contributed by atoms with Crippen molar-refractivity contribution in [3.63, 3.8) is 0 Å². The monoisotopic (exact) mass is 294 g/mol. The quantitative estimate of drug-likeness (QED) is 0.572. The average Bonchev–Trinajstić information content (AvgIpc) is 2.34. The van der Waals surface area contributed by atoms with Crippen LogP contribution in [-0.4, -0.2) is 30.7 Å². The van der Waals surface area contributed by atoms with Gasteiger partial charge in [-0.25, -0.2) is 0 Å². The van der Waals surface area contributed by atoms with Gasteiger partial charge in [0.2, 0.25) is 0 Å². The molecule has 0 radical (unpaired) electrons. The molecular formula is C14H22N4OS. The summed E-state index contributed by atoms with van der Waals surface area (Å²) >= 11 is 5.09. The Bertz CT molecular complexity index is 494. The van der Waals surface area contributed by atoms with Crippen molar-refractivity contribution in [2.24, 2.45) is 0 Å². The van der Waals surface area contributed by atoms with E-state index < -0.39 is 0 Å². The van der Waals surface area contributed by atoms with Crippen molar-refractivity contribution in [2.45, 2.75) is 26.3 Å². The summed E-state index contributed by atoms with van der Waals surface area (Å²) < 4.78 is 0. The molecule has 5 nitrogen and oxygen atoms in total. The van der Waals surface area contributed by atoms with E-state index in [1.54, 1.807) is 6.07 Å². The molecule has 110 valence electrons. The van der Waals surface area contributed by atoms with Gasteiger partial charge in [-0.15, -0.1) is 0 Å². The molecule has 0 spiro atoms. The molecule has 0 saturated carbocycles. The van der Waals surface area contributed by atoms with Crippen LogP contribution in [0.25, 0.3) is 0 Å². The summed E-state index contributed by atoms with van der Waals surface area (Å²) in [5.41, 5.74) is 6.65. The van der Waals surface area contributed by atoms with Crippen molar-refractivity contribution in [3.8, 4) is 0 Å². The largest absolute Gasteiger partial charge is 0.378 e. The zero-order valence-corrected chi connectivity index (χ0v) is 13.4. The Balaban J connectivity index is 2.59. The summed E-state index contributed by atoms with van der Waals surface area (Å²) in [6.07, 6.45) is 0. The Kier molecular flexibility index (Phi) is 5.33. The summed E-state index contributed by atoms with van der Waals surface area (Å²) in [6.45, 7) is 5.97. The zero-order valence-electron chi connectivity index (χ0n) is 12.6. The van der Waals surface area contributed by atoms with E-state index in [9.17, 15) is 4.79 Å². The molecular weight excluding hydrogens is 272 g/mol. The molecule has 0 bridgehead atoms. The Morgan fingerprint density at radius 2 is 1.85 bits per heavy atom. The Morgan fingerprint density at radius 1 is 1.20 bits per heavy atom. The van der Waals surface area contributed by atoms with E-state index in [-0.39, 0.29) is 11.4 Å². The number of thiocarbonyl (C=S) groups is 1. The number of hydrogen-bond acceptors (Lipinski definition) is 3. The predicted octanol–water partition coefficient (Wildman–Crippen LogP) is 1.66. The summed E-state index contributed by atoms with van der Waals surface area (Å²) in [4.78, 5) is 14.0. The van der Waals surface area contributed by atoms with Crippen LogP contribution in [0.3, 0.4) is 0 Å². The lowest BCUT2D eigenvalue weighted by molar-refractivity contribution is 0.0943. The molecule has 3 N–H and O–H groups in total. The van der Waals surface area contributed by atoms with Gasteiger partial charge in [0.05, 0.1) is 0 Å². The minimum atomic E-state index is -0.230. The van der Waals surface area contributed by atoms with Crippen molar-refractivity contribution >= 4 is 28.9 Å². The molecule has 1 aromatic rings. The SMILES string of the molecule is CN(C)c1cccc(C(=O)NNC(=S)NC(C)(C)C)c1. The van der Waals surface area contributed by atoms with Crippen LogP contribution in [0.5, 0.6) is 0 Å². The fourth-order valence-corrected chi connectivity index (χ4v) is 1.84. The van der Waals surface area contributed by atoms with Gasteiger partial charge in [0.15, 0.2) is 5.11 Å². The molecule has 0 heterocycles. The van der Waals surface area contributed by atoms with Crippen molar-refractivity contribution in [2.75, 3.05) is 19.0 Å². The highest BCUT2D eigenvalue weighted by molar-refractivity contribution is 7.80. The number of benzene rings is 1. The number of anilines is 1. The van der Waals surface area contributed by atoms with E-state index in [1.165, 1.54) is 0 Å². The molecule has 0 atom stereocenters. The first-order valence-corrected chi connectivity index (χ1v) is 6.76. The second kappa shape index (κ2) is 6.56. The molecule has 1 amide bonds. The fourth-order valence-electron chi connectivity index (χ4n) is 1.48. The summed E-state index contributed by atoms with van der Waals surface area (Å²) in [6, 6.07) is 7.35. The van der Waals surface area contributed by atoms with Gasteiger partial charge in [-0.2, -0.15) is 0 Å². The maximum Gasteiger partial charge on any atom is 0.269 e. The first-order chi connectivity index (χ1) is 9.19. The normalized spacial score (nSPS) is 10.7. The van der Waals surface area contributed by atoms with E-state index in [1.807, 2.05) is 58.0 Å². The number of rotatable bonds is 2. The summed E-state index contributed by atoms with van der Waals surface area (Å²) in [7, 11) is 3.86. The van der Waals surface area contributed by atoms with Crippen LogP contribution in [0.2, 0.25) is 0 Å². The van der Waals surface area contributed by atoms with Gasteiger partial charge < -0.3 is 10.2 Å². The smallest absolute Gasteiger partial charge is 0.269 e. The maximum atomic E-state index is 12.0. The molecule has 1 aromatic carbocycles. The number of carbonyl (C=O) groups is 1. The van der Waals surface area contributed by atoms with Gasteiger partial charge >= 0.3 is 0 Å². The van der Waals surface area contributed by atoms with Crippen LogP contribution in [0.4, 0.5) is 5.69 Å². The Labute approximate surface area is 125 Å². The van der Waals surface area contributed by atoms with Gasteiger partial charge in [0.1, 0.15) is 0 Å². The number of nitrogens with zero attached hydrogens (tertiary/aromatic N) is 1. The van der Waals surface area contributed by atoms with Gasteiger partial charge in [0, 0.05) is 30.9 Å². The summed E-state index contributed by atoms with van der Waals surface area (Å²) in [5, 5.41) is 3.44. The van der Waals surface area contributed by atoms with Crippen LogP contribution in [0.15, 0.2) is 24.3 Å². The third kappa shape index (κ3) is 5.44. The topological polar surface area (TPSA) is 56.4 Å². The molecule has 0 aromatic heterocycles. The minimum Gasteiger partial charge on any atom is -0.378 e. The van der Waals surface area contributed by atoms with E-state index in [4.69, 9.17) is 12.2 Å². The first kappa shape index (κ1) is 16.2. The molecule has 0 aliphatic rings. The number of hydrogen-bond donors (Lipinski definition) is 3. The van der Waals surface area contributed by atoms with E-state index in [0.29, 0.717) is 10.7 Å². The van der Waals surface area contributed by atoms with Crippen LogP contribution in [-0.2, 0) is 0 Å². The van der Waals surface area contributed by atoms with Crippen molar-refractivity contribution in [1.82, 2.24) is 16.2 Å². The van der Waals surface area contributed by atoms with Gasteiger partial charge in [-0.05, 0) is 51.2 Å². The van der Waals surface area contributed by atoms with Gasteiger partial charge in [0.25, 0.3) is 5.91 Å². The van der Waals surface area contributed by atoms with E-state index in [2.05, 4.69) is 16.2 Å². The zero-order chi connectivity index (χ0) is 15.3. The average molecular weight is 294 g/mol. The second-order valence-electron chi connectivity index (χ2n) is 5.73. The first-order valence-electron chi connectivity index (χ1n) is 6.35. The molecule has 0 fully saturated rings. The molecule has 20 heavy (non-hydrogen) atoms. The predicted molar refractivity (Wildman–Crippen MR) is 86.9 cm³/mol. The third-order valence-electron chi connectivity index (χ3n) is 2.40. The second-order valence-corrected chi connectivity index (χ2v) is 6.14. The van der Waals surface area contributed by atoms with Crippen molar-refractivity contribution < 1.29 is 4.79 Å². The number of hydrazine groups is 1. The molecule has 0 aliphatic carbocycles.